The minimum Gasteiger partial charge on any atom is -0.379 e. The Kier molecular flexibility index (Phi) is 7.66. The van der Waals surface area contributed by atoms with Gasteiger partial charge in [-0.25, -0.2) is 8.42 Å². The molecule has 8 nitrogen and oxygen atoms in total. The average Bonchev–Trinajstić information content (AvgIpc) is 2.77. The smallest absolute Gasteiger partial charge is 0.243 e. The number of nitrogens with two attached hydrogens (primary N) is 1. The molecule has 0 saturated carbocycles. The van der Waals surface area contributed by atoms with Crippen LogP contribution in [0.3, 0.4) is 0 Å². The van der Waals surface area contributed by atoms with E-state index in [4.69, 9.17) is 22.1 Å². The number of halogens is 1. The Morgan fingerprint density at radius 1 is 1.06 bits per heavy atom. The number of sulfonamides is 1. The molecule has 2 amide bonds. The van der Waals surface area contributed by atoms with Gasteiger partial charge in [0.25, 0.3) is 0 Å². The van der Waals surface area contributed by atoms with Crippen LogP contribution in [-0.2, 0) is 30.9 Å². The highest BCUT2D eigenvalue weighted by Crippen LogP contribution is 2.22. The zero-order chi connectivity index (χ0) is 22.4. The summed E-state index contributed by atoms with van der Waals surface area (Å²) in [6.45, 7) is 1.61. The molecule has 166 valence electrons. The molecule has 0 radical (unpaired) electrons. The van der Waals surface area contributed by atoms with E-state index in [0.717, 1.165) is 5.56 Å². The van der Waals surface area contributed by atoms with Gasteiger partial charge in [0.05, 0.1) is 24.0 Å². The van der Waals surface area contributed by atoms with Gasteiger partial charge in [-0.1, -0.05) is 35.9 Å². The molecule has 2 aromatic rings. The van der Waals surface area contributed by atoms with Crippen molar-refractivity contribution in [3.8, 4) is 0 Å². The lowest BCUT2D eigenvalue weighted by atomic mass is 9.95. The second-order valence-electron chi connectivity index (χ2n) is 7.15. The van der Waals surface area contributed by atoms with Crippen molar-refractivity contribution >= 4 is 33.4 Å². The lowest BCUT2D eigenvalue weighted by Crippen LogP contribution is -2.40. The Morgan fingerprint density at radius 3 is 2.26 bits per heavy atom. The summed E-state index contributed by atoms with van der Waals surface area (Å²) in [6, 6.07) is 12.9. The van der Waals surface area contributed by atoms with Gasteiger partial charge in [-0.05, 0) is 35.4 Å². The number of nitrogens with zero attached hydrogens (tertiary/aromatic N) is 1. The molecule has 1 fully saturated rings. The van der Waals surface area contributed by atoms with Gasteiger partial charge in [0.15, 0.2) is 0 Å². The largest absolute Gasteiger partial charge is 0.379 e. The summed E-state index contributed by atoms with van der Waals surface area (Å²) in [6.07, 6.45) is -0.0968. The first-order valence-electron chi connectivity index (χ1n) is 9.75. The Hall–Kier alpha value is -2.46. The highest BCUT2D eigenvalue weighted by Gasteiger charge is 2.26. The van der Waals surface area contributed by atoms with Crippen LogP contribution >= 0.6 is 11.6 Å². The minimum absolute atomic E-state index is 0.0968. The van der Waals surface area contributed by atoms with Crippen LogP contribution in [0.1, 0.15) is 23.5 Å². The van der Waals surface area contributed by atoms with Crippen molar-refractivity contribution < 1.29 is 22.7 Å². The zero-order valence-electron chi connectivity index (χ0n) is 16.8. The van der Waals surface area contributed by atoms with Gasteiger partial charge in [-0.2, -0.15) is 4.31 Å². The summed E-state index contributed by atoms with van der Waals surface area (Å²) < 4.78 is 31.9. The van der Waals surface area contributed by atoms with Crippen molar-refractivity contribution in [3.63, 3.8) is 0 Å². The van der Waals surface area contributed by atoms with E-state index in [2.05, 4.69) is 5.32 Å². The fourth-order valence-electron chi connectivity index (χ4n) is 3.25. The quantitative estimate of drug-likeness (QED) is 0.614. The molecule has 2 aromatic carbocycles. The minimum atomic E-state index is -3.56. The van der Waals surface area contributed by atoms with Gasteiger partial charge in [-0.3, -0.25) is 9.59 Å². The van der Waals surface area contributed by atoms with E-state index in [0.29, 0.717) is 36.9 Å². The number of carbonyl (C=O) groups excluding carboxylic acids is 2. The maximum Gasteiger partial charge on any atom is 0.243 e. The molecule has 1 saturated heterocycles. The lowest BCUT2D eigenvalue weighted by molar-refractivity contribution is -0.126. The zero-order valence-corrected chi connectivity index (χ0v) is 18.4. The molecular weight excluding hydrogens is 442 g/mol. The summed E-state index contributed by atoms with van der Waals surface area (Å²) in [4.78, 5) is 24.3. The molecular formula is C21H24ClN3O5S. The first kappa shape index (κ1) is 23.2. The van der Waals surface area contributed by atoms with Crippen molar-refractivity contribution in [3.05, 3.63) is 64.7 Å². The predicted molar refractivity (Wildman–Crippen MR) is 116 cm³/mol. The third kappa shape index (κ3) is 6.04. The molecule has 1 unspecified atom stereocenters. The molecule has 3 N–H and O–H groups in total. The standard InChI is InChI=1S/C21H24ClN3O5S/c22-17-5-3-16(4-6-17)19(21(23)27)13-20(26)24-14-15-1-7-18(8-2-15)31(28,29)25-9-11-30-12-10-25/h1-8,19H,9-14H2,(H2,23,27)(H,24,26). The third-order valence-corrected chi connectivity index (χ3v) is 7.19. The van der Waals surface area contributed by atoms with E-state index in [1.54, 1.807) is 36.4 Å². The topological polar surface area (TPSA) is 119 Å². The summed E-state index contributed by atoms with van der Waals surface area (Å²) in [5.74, 6) is -1.71. The number of ether oxygens (including phenoxy) is 1. The molecule has 1 atom stereocenters. The summed E-state index contributed by atoms with van der Waals surface area (Å²) in [7, 11) is -3.56. The van der Waals surface area contributed by atoms with E-state index in [9.17, 15) is 18.0 Å². The first-order chi connectivity index (χ1) is 14.8. The second-order valence-corrected chi connectivity index (χ2v) is 9.52. The van der Waals surface area contributed by atoms with Crippen LogP contribution in [0.2, 0.25) is 5.02 Å². The Bertz CT molecular complexity index is 1020. The highest BCUT2D eigenvalue weighted by atomic mass is 35.5. The van der Waals surface area contributed by atoms with Crippen LogP contribution in [0, 0.1) is 0 Å². The van der Waals surface area contributed by atoms with Gasteiger partial charge in [0, 0.05) is 31.1 Å². The molecule has 31 heavy (non-hydrogen) atoms. The molecule has 0 spiro atoms. The Labute approximate surface area is 186 Å². The van der Waals surface area contributed by atoms with Gasteiger partial charge in [0.2, 0.25) is 21.8 Å². The Balaban J connectivity index is 1.58. The fourth-order valence-corrected chi connectivity index (χ4v) is 4.79. The van der Waals surface area contributed by atoms with E-state index in [1.165, 1.54) is 16.4 Å². The number of nitrogens with one attached hydrogen (secondary N) is 1. The predicted octanol–water partition coefficient (Wildman–Crippen LogP) is 1.64. The highest BCUT2D eigenvalue weighted by molar-refractivity contribution is 7.89. The third-order valence-electron chi connectivity index (χ3n) is 5.03. The number of amides is 2. The van der Waals surface area contributed by atoms with Crippen molar-refractivity contribution in [1.29, 1.82) is 0 Å². The number of primary amides is 1. The molecule has 0 aliphatic carbocycles. The molecule has 1 aliphatic heterocycles. The van der Waals surface area contributed by atoms with Gasteiger partial charge < -0.3 is 15.8 Å². The van der Waals surface area contributed by atoms with Crippen LogP contribution in [0.5, 0.6) is 0 Å². The SMILES string of the molecule is NC(=O)C(CC(=O)NCc1ccc(S(=O)(=O)N2CCOCC2)cc1)c1ccc(Cl)cc1. The monoisotopic (exact) mass is 465 g/mol. The van der Waals surface area contributed by atoms with Crippen molar-refractivity contribution in [2.75, 3.05) is 26.3 Å². The molecule has 1 heterocycles. The van der Waals surface area contributed by atoms with E-state index in [1.807, 2.05) is 0 Å². The number of hydrogen-bond acceptors (Lipinski definition) is 5. The Morgan fingerprint density at radius 2 is 1.68 bits per heavy atom. The lowest BCUT2D eigenvalue weighted by Gasteiger charge is -2.26. The second kappa shape index (κ2) is 10.2. The number of rotatable bonds is 8. The maximum absolute atomic E-state index is 12.7. The van der Waals surface area contributed by atoms with Crippen LogP contribution < -0.4 is 11.1 Å². The van der Waals surface area contributed by atoms with Gasteiger partial charge in [0.1, 0.15) is 0 Å². The fraction of sp³-hybridized carbons (Fsp3) is 0.333. The summed E-state index contributed by atoms with van der Waals surface area (Å²) in [5.41, 5.74) is 6.81. The van der Waals surface area contributed by atoms with Crippen LogP contribution in [0.15, 0.2) is 53.4 Å². The first-order valence-corrected chi connectivity index (χ1v) is 11.6. The number of hydrogen-bond donors (Lipinski definition) is 2. The van der Waals surface area contributed by atoms with E-state index >= 15 is 0 Å². The molecule has 0 bridgehead atoms. The number of carbonyl (C=O) groups is 2. The average molecular weight is 466 g/mol. The van der Waals surface area contributed by atoms with Crippen LogP contribution in [-0.4, -0.2) is 50.8 Å². The summed E-state index contributed by atoms with van der Waals surface area (Å²) in [5, 5.41) is 3.26. The van der Waals surface area contributed by atoms with E-state index < -0.39 is 21.8 Å². The van der Waals surface area contributed by atoms with Crippen molar-refractivity contribution in [2.45, 2.75) is 23.8 Å². The van der Waals surface area contributed by atoms with Crippen LogP contribution in [0.25, 0.3) is 0 Å². The van der Waals surface area contributed by atoms with Gasteiger partial charge in [-0.15, -0.1) is 0 Å². The maximum atomic E-state index is 12.7. The molecule has 3 rings (SSSR count). The van der Waals surface area contributed by atoms with Crippen molar-refractivity contribution in [2.24, 2.45) is 5.73 Å². The molecule has 1 aliphatic rings. The number of morpholine rings is 1. The molecule has 10 heteroatoms. The van der Waals surface area contributed by atoms with E-state index in [-0.39, 0.29) is 23.8 Å². The van der Waals surface area contributed by atoms with Gasteiger partial charge >= 0.3 is 0 Å². The summed E-state index contributed by atoms with van der Waals surface area (Å²) >= 11 is 5.86. The van der Waals surface area contributed by atoms with Crippen molar-refractivity contribution in [1.82, 2.24) is 9.62 Å². The number of benzene rings is 2. The normalized spacial score (nSPS) is 15.9. The van der Waals surface area contributed by atoms with Crippen LogP contribution in [0.4, 0.5) is 0 Å². The molecule has 0 aromatic heterocycles.